The molecule has 1 saturated heterocycles. The fraction of sp³-hybridized carbons (Fsp3) is 0.381. The molecular weight excluding hydrogens is 308 g/mol. The quantitative estimate of drug-likeness (QED) is 0.770. The van der Waals surface area contributed by atoms with Crippen molar-refractivity contribution in [1.29, 1.82) is 0 Å². The first-order valence-corrected chi connectivity index (χ1v) is 9.28. The molecule has 2 aliphatic rings. The molecule has 5 rings (SSSR count). The average molecular weight is 332 g/mol. The number of hydrogen-bond acceptors (Lipinski definition) is 3. The van der Waals surface area contributed by atoms with E-state index in [2.05, 4.69) is 51.3 Å². The van der Waals surface area contributed by atoms with Gasteiger partial charge >= 0.3 is 0 Å². The van der Waals surface area contributed by atoms with Crippen LogP contribution in [0.4, 0.5) is 0 Å². The molecule has 128 valence electrons. The topological polar surface area (TPSA) is 57.9 Å². The van der Waals surface area contributed by atoms with E-state index in [1.165, 1.54) is 35.0 Å². The van der Waals surface area contributed by atoms with Crippen LogP contribution in [-0.4, -0.2) is 34.0 Å². The molecule has 1 saturated carbocycles. The monoisotopic (exact) mass is 332 g/mol. The van der Waals surface area contributed by atoms with E-state index in [1.807, 2.05) is 12.3 Å². The molecule has 25 heavy (non-hydrogen) atoms. The number of hydrogen-bond donors (Lipinski definition) is 2. The maximum absolute atomic E-state index is 6.62. The number of rotatable bonds is 4. The first kappa shape index (κ1) is 15.1. The van der Waals surface area contributed by atoms with E-state index < -0.39 is 0 Å². The van der Waals surface area contributed by atoms with Crippen molar-refractivity contribution >= 4 is 11.0 Å². The summed E-state index contributed by atoms with van der Waals surface area (Å²) in [7, 11) is 0. The van der Waals surface area contributed by atoms with E-state index >= 15 is 0 Å². The fourth-order valence-electron chi connectivity index (χ4n) is 4.35. The molecule has 2 fully saturated rings. The zero-order valence-corrected chi connectivity index (χ0v) is 14.4. The molecule has 3 heterocycles. The number of fused-ring (bicyclic) bond motifs is 1. The number of benzene rings is 1. The van der Waals surface area contributed by atoms with E-state index in [9.17, 15) is 0 Å². The second-order valence-corrected chi connectivity index (χ2v) is 7.58. The molecule has 1 aliphatic heterocycles. The van der Waals surface area contributed by atoms with Gasteiger partial charge in [-0.3, -0.25) is 4.90 Å². The van der Waals surface area contributed by atoms with Crippen molar-refractivity contribution in [1.82, 2.24) is 14.9 Å². The maximum atomic E-state index is 6.62. The Balaban J connectivity index is 1.47. The molecule has 4 heteroatoms. The van der Waals surface area contributed by atoms with Crippen molar-refractivity contribution in [2.45, 2.75) is 37.3 Å². The van der Waals surface area contributed by atoms with Gasteiger partial charge in [0.15, 0.2) is 0 Å². The Kier molecular flexibility index (Phi) is 3.61. The van der Waals surface area contributed by atoms with Crippen LogP contribution >= 0.6 is 0 Å². The largest absolute Gasteiger partial charge is 0.343 e. The minimum atomic E-state index is 0.181. The average Bonchev–Trinajstić information content (AvgIpc) is 3.32. The van der Waals surface area contributed by atoms with Crippen LogP contribution in [0.5, 0.6) is 0 Å². The molecule has 3 aromatic rings. The Morgan fingerprint density at radius 2 is 1.92 bits per heavy atom. The Hall–Kier alpha value is -2.17. The molecular formula is C21H24N4. The molecule has 0 unspecified atom stereocenters. The third kappa shape index (κ3) is 2.75. The molecule has 0 amide bonds. The Morgan fingerprint density at radius 1 is 1.08 bits per heavy atom. The summed E-state index contributed by atoms with van der Waals surface area (Å²) in [6, 6.07) is 15.1. The molecule has 0 radical (unpaired) electrons. The number of pyridine rings is 1. The highest BCUT2D eigenvalue weighted by atomic mass is 15.2. The highest BCUT2D eigenvalue weighted by Gasteiger charge is 2.38. The summed E-state index contributed by atoms with van der Waals surface area (Å²) in [5, 5.41) is 1.27. The lowest BCUT2D eigenvalue weighted by atomic mass is 9.91. The summed E-state index contributed by atoms with van der Waals surface area (Å²) < 4.78 is 0. The second kappa shape index (κ2) is 5.97. The zero-order valence-electron chi connectivity index (χ0n) is 14.4. The van der Waals surface area contributed by atoms with Crippen LogP contribution in [0.2, 0.25) is 0 Å². The minimum Gasteiger partial charge on any atom is -0.343 e. The molecule has 2 aromatic heterocycles. The van der Waals surface area contributed by atoms with Gasteiger partial charge in [-0.15, -0.1) is 0 Å². The van der Waals surface area contributed by atoms with Crippen LogP contribution in [0, 0.1) is 0 Å². The van der Waals surface area contributed by atoms with Gasteiger partial charge in [0.25, 0.3) is 0 Å². The van der Waals surface area contributed by atoms with Crippen LogP contribution in [0.3, 0.4) is 0 Å². The molecule has 2 atom stereocenters. The molecule has 0 spiro atoms. The van der Waals surface area contributed by atoms with Gasteiger partial charge in [0, 0.05) is 48.9 Å². The summed E-state index contributed by atoms with van der Waals surface area (Å²) in [6.45, 7) is 2.96. The van der Waals surface area contributed by atoms with E-state index in [0.29, 0.717) is 11.8 Å². The third-order valence-corrected chi connectivity index (χ3v) is 5.69. The van der Waals surface area contributed by atoms with Crippen LogP contribution < -0.4 is 5.73 Å². The lowest BCUT2D eigenvalue weighted by Crippen LogP contribution is -2.28. The van der Waals surface area contributed by atoms with E-state index in [4.69, 9.17) is 5.73 Å². The molecule has 0 bridgehead atoms. The summed E-state index contributed by atoms with van der Waals surface area (Å²) in [5.74, 6) is 1.07. The minimum absolute atomic E-state index is 0.181. The van der Waals surface area contributed by atoms with E-state index in [0.717, 1.165) is 25.3 Å². The number of nitrogens with two attached hydrogens (primary N) is 1. The Bertz CT molecular complexity index is 881. The second-order valence-electron chi connectivity index (χ2n) is 7.58. The molecule has 4 nitrogen and oxygen atoms in total. The highest BCUT2D eigenvalue weighted by molar-refractivity contribution is 5.82. The smallest absolute Gasteiger partial charge is 0.137 e. The normalized spacial score (nSPS) is 24.2. The van der Waals surface area contributed by atoms with Gasteiger partial charge in [0.2, 0.25) is 0 Å². The summed E-state index contributed by atoms with van der Waals surface area (Å²) in [5.41, 5.74) is 11.8. The van der Waals surface area contributed by atoms with Crippen LogP contribution in [0.1, 0.15) is 41.5 Å². The lowest BCUT2D eigenvalue weighted by Gasteiger charge is -2.17. The first-order valence-electron chi connectivity index (χ1n) is 9.28. The highest BCUT2D eigenvalue weighted by Crippen LogP contribution is 2.46. The van der Waals surface area contributed by atoms with E-state index in [1.54, 1.807) is 0 Å². The lowest BCUT2D eigenvalue weighted by molar-refractivity contribution is 0.324. The number of H-pyrrole nitrogens is 1. The predicted molar refractivity (Wildman–Crippen MR) is 101 cm³/mol. The van der Waals surface area contributed by atoms with E-state index in [-0.39, 0.29) is 6.04 Å². The molecule has 1 aromatic carbocycles. The predicted octanol–water partition coefficient (Wildman–Crippen LogP) is 3.37. The Labute approximate surface area is 148 Å². The first-order chi connectivity index (χ1) is 12.3. The summed E-state index contributed by atoms with van der Waals surface area (Å²) in [6.07, 6.45) is 4.45. The number of likely N-dealkylation sites (tertiary alicyclic amines) is 1. The van der Waals surface area contributed by atoms with Crippen LogP contribution in [0.15, 0.2) is 48.7 Å². The summed E-state index contributed by atoms with van der Waals surface area (Å²) >= 11 is 0. The third-order valence-electron chi connectivity index (χ3n) is 5.69. The van der Waals surface area contributed by atoms with Crippen molar-refractivity contribution in [2.24, 2.45) is 5.73 Å². The van der Waals surface area contributed by atoms with Crippen molar-refractivity contribution in [2.75, 3.05) is 13.1 Å². The van der Waals surface area contributed by atoms with Crippen molar-refractivity contribution in [3.63, 3.8) is 0 Å². The molecule has 3 N–H and O–H groups in total. The zero-order chi connectivity index (χ0) is 16.8. The van der Waals surface area contributed by atoms with Gasteiger partial charge < -0.3 is 10.7 Å². The number of nitrogens with zero attached hydrogens (tertiary/aromatic N) is 2. The number of aromatic amines is 1. The number of nitrogens with one attached hydrogen (secondary N) is 1. The SMILES string of the molecule is N[C@H]1CN(Cc2ccccc2)C[C@@H]1c1c(C2CC2)[nH]c2ncccc12. The molecule has 1 aliphatic carbocycles. The van der Waals surface area contributed by atoms with Crippen LogP contribution in [-0.2, 0) is 6.54 Å². The van der Waals surface area contributed by atoms with Gasteiger partial charge in [0.05, 0.1) is 0 Å². The maximum Gasteiger partial charge on any atom is 0.137 e. The van der Waals surface area contributed by atoms with Gasteiger partial charge in [-0.1, -0.05) is 30.3 Å². The van der Waals surface area contributed by atoms with Gasteiger partial charge in [0.1, 0.15) is 5.65 Å². The summed E-state index contributed by atoms with van der Waals surface area (Å²) in [4.78, 5) is 10.6. The van der Waals surface area contributed by atoms with Crippen molar-refractivity contribution in [3.05, 3.63) is 65.5 Å². The van der Waals surface area contributed by atoms with Crippen molar-refractivity contribution in [3.8, 4) is 0 Å². The Morgan fingerprint density at radius 3 is 2.72 bits per heavy atom. The van der Waals surface area contributed by atoms with Gasteiger partial charge in [-0.2, -0.15) is 0 Å². The standard InChI is InChI=1S/C21H24N4/c22-18-13-25(11-14-5-2-1-3-6-14)12-17(18)19-16-7-4-10-23-21(16)24-20(19)15-8-9-15/h1-7,10,15,17-18H,8-9,11-13,22H2,(H,23,24)/t17-,18-/m0/s1. The fourth-order valence-corrected chi connectivity index (χ4v) is 4.35. The van der Waals surface area contributed by atoms with Gasteiger partial charge in [-0.25, -0.2) is 4.98 Å². The van der Waals surface area contributed by atoms with Gasteiger partial charge in [-0.05, 0) is 42.0 Å². The number of aromatic nitrogens is 2. The van der Waals surface area contributed by atoms with Crippen LogP contribution in [0.25, 0.3) is 11.0 Å². The van der Waals surface area contributed by atoms with Crippen molar-refractivity contribution < 1.29 is 0 Å².